The van der Waals surface area contributed by atoms with E-state index in [-0.39, 0.29) is 37.1 Å². The van der Waals surface area contributed by atoms with Crippen LogP contribution < -0.4 is 5.32 Å². The van der Waals surface area contributed by atoms with Crippen LogP contribution >= 0.6 is 46.4 Å². The molecule has 2 N–H and O–H groups in total. The van der Waals surface area contributed by atoms with Crippen LogP contribution in [-0.4, -0.2) is 23.6 Å². The van der Waals surface area contributed by atoms with Crippen LogP contribution in [0, 0.1) is 0 Å². The van der Waals surface area contributed by atoms with E-state index in [1.165, 1.54) is 30.3 Å². The van der Waals surface area contributed by atoms with E-state index in [4.69, 9.17) is 51.1 Å². The Morgan fingerprint density at radius 3 is 2.38 bits per heavy atom. The topological polar surface area (TPSA) is 75.6 Å². The fraction of sp³-hybridized carbons (Fsp3) is 0.0667. The van der Waals surface area contributed by atoms with Gasteiger partial charge in [0.1, 0.15) is 11.3 Å². The van der Waals surface area contributed by atoms with Crippen molar-refractivity contribution in [2.24, 2.45) is 0 Å². The molecule has 0 saturated heterocycles. The van der Waals surface area contributed by atoms with Crippen LogP contribution in [0.5, 0.6) is 5.75 Å². The summed E-state index contributed by atoms with van der Waals surface area (Å²) in [4.78, 5) is 23.7. The molecule has 0 bridgehead atoms. The summed E-state index contributed by atoms with van der Waals surface area (Å²) in [6.45, 7) is -0.596. The van der Waals surface area contributed by atoms with Gasteiger partial charge in [-0.2, -0.15) is 0 Å². The molecule has 0 spiro atoms. The molecule has 0 aromatic heterocycles. The molecular formula is C15H9Cl4NO4. The normalized spacial score (nSPS) is 10.3. The fourth-order valence-electron chi connectivity index (χ4n) is 1.69. The minimum atomic E-state index is -0.898. The third-order valence-electron chi connectivity index (χ3n) is 2.80. The largest absolute Gasteiger partial charge is 0.507 e. The van der Waals surface area contributed by atoms with Gasteiger partial charge >= 0.3 is 5.97 Å². The van der Waals surface area contributed by atoms with Crippen molar-refractivity contribution in [2.45, 2.75) is 0 Å². The SMILES string of the molecule is O=C(COC(=O)c1cc(Cl)ccc1O)Nc1cc(Cl)c(Cl)cc1Cl. The summed E-state index contributed by atoms with van der Waals surface area (Å²) in [5.41, 5.74) is 0.0700. The molecule has 0 unspecified atom stereocenters. The second-order valence-corrected chi connectivity index (χ2v) is 6.19. The number of ether oxygens (including phenoxy) is 1. The molecule has 2 aromatic rings. The molecule has 0 aliphatic carbocycles. The molecule has 24 heavy (non-hydrogen) atoms. The number of rotatable bonds is 4. The van der Waals surface area contributed by atoms with E-state index in [9.17, 15) is 14.7 Å². The summed E-state index contributed by atoms with van der Waals surface area (Å²) < 4.78 is 4.82. The van der Waals surface area contributed by atoms with Crippen LogP contribution in [0.15, 0.2) is 30.3 Å². The Labute approximate surface area is 157 Å². The van der Waals surface area contributed by atoms with Gasteiger partial charge in [0.05, 0.1) is 20.8 Å². The van der Waals surface area contributed by atoms with Crippen LogP contribution in [0.3, 0.4) is 0 Å². The van der Waals surface area contributed by atoms with Crippen molar-refractivity contribution in [3.8, 4) is 5.75 Å². The highest BCUT2D eigenvalue weighted by Crippen LogP contribution is 2.32. The van der Waals surface area contributed by atoms with Gasteiger partial charge in [-0.25, -0.2) is 4.79 Å². The second kappa shape index (κ2) is 7.94. The van der Waals surface area contributed by atoms with E-state index in [2.05, 4.69) is 5.32 Å². The summed E-state index contributed by atoms with van der Waals surface area (Å²) in [6.07, 6.45) is 0. The molecule has 0 aliphatic heterocycles. The molecule has 2 aromatic carbocycles. The van der Waals surface area contributed by atoms with Crippen molar-refractivity contribution < 1.29 is 19.4 Å². The molecule has 0 radical (unpaired) electrons. The smallest absolute Gasteiger partial charge is 0.342 e. The van der Waals surface area contributed by atoms with Gasteiger partial charge in [0.15, 0.2) is 6.61 Å². The lowest BCUT2D eigenvalue weighted by molar-refractivity contribution is -0.119. The summed E-state index contributed by atoms with van der Waals surface area (Å²) >= 11 is 23.3. The number of esters is 1. The quantitative estimate of drug-likeness (QED) is 0.562. The van der Waals surface area contributed by atoms with Crippen molar-refractivity contribution in [3.05, 3.63) is 56.0 Å². The van der Waals surface area contributed by atoms with Gasteiger partial charge < -0.3 is 15.2 Å². The maximum atomic E-state index is 11.9. The van der Waals surface area contributed by atoms with E-state index < -0.39 is 18.5 Å². The molecule has 0 aliphatic rings. The van der Waals surface area contributed by atoms with E-state index in [1.54, 1.807) is 0 Å². The molecule has 9 heteroatoms. The number of carbonyl (C=O) groups is 2. The summed E-state index contributed by atoms with van der Waals surface area (Å²) in [7, 11) is 0. The Kier molecular flexibility index (Phi) is 6.18. The number of carbonyl (C=O) groups excluding carboxylic acids is 2. The Morgan fingerprint density at radius 1 is 1.00 bits per heavy atom. The van der Waals surface area contributed by atoms with Crippen molar-refractivity contribution in [1.82, 2.24) is 0 Å². The first-order valence-electron chi connectivity index (χ1n) is 6.38. The Bertz CT molecular complexity index is 810. The number of nitrogens with one attached hydrogen (secondary N) is 1. The lowest BCUT2D eigenvalue weighted by atomic mass is 10.2. The molecule has 0 fully saturated rings. The van der Waals surface area contributed by atoms with Crippen molar-refractivity contribution in [2.75, 3.05) is 11.9 Å². The van der Waals surface area contributed by atoms with Gasteiger partial charge in [0.25, 0.3) is 5.91 Å². The molecule has 126 valence electrons. The lowest BCUT2D eigenvalue weighted by Crippen LogP contribution is -2.21. The number of halogens is 4. The first-order valence-corrected chi connectivity index (χ1v) is 7.89. The number of phenols is 1. The van der Waals surface area contributed by atoms with Gasteiger partial charge in [0.2, 0.25) is 0 Å². The molecule has 0 saturated carbocycles. The number of hydrogen-bond acceptors (Lipinski definition) is 4. The average Bonchev–Trinajstić information content (AvgIpc) is 2.52. The third kappa shape index (κ3) is 4.68. The zero-order valence-electron chi connectivity index (χ0n) is 11.8. The molecule has 1 amide bonds. The second-order valence-electron chi connectivity index (χ2n) is 4.53. The summed E-state index contributed by atoms with van der Waals surface area (Å²) in [5, 5.41) is 12.9. The number of anilines is 1. The number of aromatic hydroxyl groups is 1. The van der Waals surface area contributed by atoms with Crippen molar-refractivity contribution in [3.63, 3.8) is 0 Å². The van der Waals surface area contributed by atoms with Crippen LogP contribution in [0.4, 0.5) is 5.69 Å². The Hall–Kier alpha value is -1.66. The Morgan fingerprint density at radius 2 is 1.67 bits per heavy atom. The maximum absolute atomic E-state index is 11.9. The lowest BCUT2D eigenvalue weighted by Gasteiger charge is -2.10. The highest BCUT2D eigenvalue weighted by Gasteiger charge is 2.16. The number of amides is 1. The van der Waals surface area contributed by atoms with Gasteiger partial charge in [-0.15, -0.1) is 0 Å². The van der Waals surface area contributed by atoms with Gasteiger partial charge in [0, 0.05) is 5.02 Å². The van der Waals surface area contributed by atoms with Gasteiger partial charge in [-0.1, -0.05) is 46.4 Å². The van der Waals surface area contributed by atoms with E-state index in [0.29, 0.717) is 0 Å². The average molecular weight is 409 g/mol. The van der Waals surface area contributed by atoms with E-state index in [1.807, 2.05) is 0 Å². The zero-order chi connectivity index (χ0) is 17.9. The zero-order valence-corrected chi connectivity index (χ0v) is 14.8. The summed E-state index contributed by atoms with van der Waals surface area (Å²) in [5.74, 6) is -1.85. The van der Waals surface area contributed by atoms with Crippen LogP contribution in [0.1, 0.15) is 10.4 Å². The molecule has 5 nitrogen and oxygen atoms in total. The number of hydrogen-bond donors (Lipinski definition) is 2. The van der Waals surface area contributed by atoms with Gasteiger partial charge in [-0.05, 0) is 30.3 Å². The minimum Gasteiger partial charge on any atom is -0.507 e. The van der Waals surface area contributed by atoms with E-state index >= 15 is 0 Å². The molecule has 2 rings (SSSR count). The third-order valence-corrected chi connectivity index (χ3v) is 4.07. The van der Waals surface area contributed by atoms with Crippen LogP contribution in [0.25, 0.3) is 0 Å². The molecular weight excluding hydrogens is 400 g/mol. The monoisotopic (exact) mass is 407 g/mol. The van der Waals surface area contributed by atoms with E-state index in [0.717, 1.165) is 0 Å². The standard InChI is InChI=1S/C15H9Cl4NO4/c16-7-1-2-13(21)8(3-7)15(23)24-6-14(22)20-12-5-10(18)9(17)4-11(12)19/h1-5,21H,6H2,(H,20,22). The van der Waals surface area contributed by atoms with Crippen molar-refractivity contribution in [1.29, 1.82) is 0 Å². The Balaban J connectivity index is 2.00. The first kappa shape index (κ1) is 18.7. The maximum Gasteiger partial charge on any atom is 0.342 e. The fourth-order valence-corrected chi connectivity index (χ4v) is 2.45. The van der Waals surface area contributed by atoms with Crippen LogP contribution in [0.2, 0.25) is 20.1 Å². The molecule has 0 atom stereocenters. The number of phenolic OH excluding ortho intramolecular Hbond substituents is 1. The van der Waals surface area contributed by atoms with Crippen LogP contribution in [-0.2, 0) is 9.53 Å². The predicted octanol–water partition coefficient (Wildman–Crippen LogP) is 4.80. The van der Waals surface area contributed by atoms with Gasteiger partial charge in [-0.3, -0.25) is 4.79 Å². The highest BCUT2D eigenvalue weighted by atomic mass is 35.5. The van der Waals surface area contributed by atoms with Crippen molar-refractivity contribution >= 4 is 64.0 Å². The summed E-state index contributed by atoms with van der Waals surface area (Å²) in [6, 6.07) is 6.62. The number of benzene rings is 2. The minimum absolute atomic E-state index is 0.150. The molecule has 0 heterocycles. The first-order chi connectivity index (χ1) is 11.3. The highest BCUT2D eigenvalue weighted by molar-refractivity contribution is 6.44. The predicted molar refractivity (Wildman–Crippen MR) is 93.5 cm³/mol.